The van der Waals surface area contributed by atoms with E-state index < -0.39 is 5.97 Å². The van der Waals surface area contributed by atoms with Crippen LogP contribution in [0.1, 0.15) is 17.0 Å². The maximum absolute atomic E-state index is 12.1. The minimum Gasteiger partial charge on any atom is -0.458 e. The summed E-state index contributed by atoms with van der Waals surface area (Å²) in [7, 11) is 0. The van der Waals surface area contributed by atoms with Crippen molar-refractivity contribution in [3.05, 3.63) is 66.7 Å². The Morgan fingerprint density at radius 1 is 1.29 bits per heavy atom. The standard InChI is InChI=1S/C16H15N3O4S/c1-10-3-4-13-17-12(5-14(20)19(13)6-10)8-23-15(21)7-18-11(2)9-24-16(18)22/h3-6,9H,7-8H2,1-2H3. The lowest BCUT2D eigenvalue weighted by Crippen LogP contribution is -2.22. The van der Waals surface area contributed by atoms with Gasteiger partial charge in [-0.1, -0.05) is 17.4 Å². The highest BCUT2D eigenvalue weighted by Gasteiger charge is 2.11. The number of nitrogens with zero attached hydrogens (tertiary/aromatic N) is 3. The Labute approximate surface area is 140 Å². The number of ether oxygens (including phenoxy) is 1. The molecular weight excluding hydrogens is 330 g/mol. The van der Waals surface area contributed by atoms with Crippen LogP contribution in [0.2, 0.25) is 0 Å². The van der Waals surface area contributed by atoms with E-state index in [0.29, 0.717) is 17.0 Å². The first-order valence-corrected chi connectivity index (χ1v) is 8.11. The van der Waals surface area contributed by atoms with Gasteiger partial charge in [-0.25, -0.2) is 4.98 Å². The van der Waals surface area contributed by atoms with Crippen LogP contribution in [0.5, 0.6) is 0 Å². The van der Waals surface area contributed by atoms with Crippen LogP contribution in [-0.4, -0.2) is 19.9 Å². The Balaban J connectivity index is 1.74. The van der Waals surface area contributed by atoms with Gasteiger partial charge in [-0.05, 0) is 25.5 Å². The molecule has 0 aromatic carbocycles. The molecular formula is C16H15N3O4S. The Morgan fingerprint density at radius 3 is 2.79 bits per heavy atom. The molecule has 7 nitrogen and oxygen atoms in total. The quantitative estimate of drug-likeness (QED) is 0.665. The highest BCUT2D eigenvalue weighted by molar-refractivity contribution is 7.07. The Bertz CT molecular complexity index is 1030. The summed E-state index contributed by atoms with van der Waals surface area (Å²) >= 11 is 1.04. The van der Waals surface area contributed by atoms with Crippen LogP contribution >= 0.6 is 11.3 Å². The summed E-state index contributed by atoms with van der Waals surface area (Å²) in [5, 5.41) is 1.68. The fourth-order valence-electron chi connectivity index (χ4n) is 2.26. The van der Waals surface area contributed by atoms with Gasteiger partial charge in [0.25, 0.3) is 5.56 Å². The van der Waals surface area contributed by atoms with Crippen LogP contribution in [-0.2, 0) is 22.7 Å². The number of esters is 1. The third-order valence-electron chi connectivity index (χ3n) is 3.51. The van der Waals surface area contributed by atoms with Gasteiger partial charge in [0.1, 0.15) is 18.8 Å². The Hall–Kier alpha value is -2.74. The zero-order chi connectivity index (χ0) is 17.3. The monoisotopic (exact) mass is 345 g/mol. The van der Waals surface area contributed by atoms with E-state index in [1.807, 2.05) is 13.0 Å². The summed E-state index contributed by atoms with van der Waals surface area (Å²) in [4.78, 5) is 39.7. The van der Waals surface area contributed by atoms with Crippen molar-refractivity contribution in [3.8, 4) is 0 Å². The fraction of sp³-hybridized carbons (Fsp3) is 0.250. The third kappa shape index (κ3) is 3.28. The fourth-order valence-corrected chi connectivity index (χ4v) is 2.99. The molecule has 3 heterocycles. The second kappa shape index (κ2) is 6.40. The first kappa shape index (κ1) is 16.1. The van der Waals surface area contributed by atoms with Gasteiger partial charge in [-0.15, -0.1) is 0 Å². The van der Waals surface area contributed by atoms with Crippen LogP contribution in [0.15, 0.2) is 39.4 Å². The second-order valence-corrected chi connectivity index (χ2v) is 6.23. The van der Waals surface area contributed by atoms with E-state index >= 15 is 0 Å². The molecule has 0 aliphatic carbocycles. The topological polar surface area (TPSA) is 82.7 Å². The number of pyridine rings is 1. The lowest BCUT2D eigenvalue weighted by molar-refractivity contribution is -0.145. The van der Waals surface area contributed by atoms with Gasteiger partial charge in [-0.2, -0.15) is 0 Å². The molecule has 3 aromatic rings. The van der Waals surface area contributed by atoms with Crippen LogP contribution in [0.25, 0.3) is 5.65 Å². The van der Waals surface area contributed by atoms with E-state index in [9.17, 15) is 14.4 Å². The Kier molecular flexibility index (Phi) is 4.30. The summed E-state index contributed by atoms with van der Waals surface area (Å²) in [6.07, 6.45) is 1.70. The molecule has 0 amide bonds. The molecule has 0 saturated carbocycles. The van der Waals surface area contributed by atoms with Gasteiger partial charge < -0.3 is 4.74 Å². The summed E-state index contributed by atoms with van der Waals surface area (Å²) in [6.45, 7) is 3.37. The zero-order valence-corrected chi connectivity index (χ0v) is 14.0. The predicted octanol–water partition coefficient (Wildman–Crippen LogP) is 1.28. The molecule has 3 rings (SSSR count). The molecule has 3 aromatic heterocycles. The van der Waals surface area contributed by atoms with Crippen LogP contribution < -0.4 is 10.4 Å². The van der Waals surface area contributed by atoms with Crippen molar-refractivity contribution in [3.63, 3.8) is 0 Å². The summed E-state index contributed by atoms with van der Waals surface area (Å²) in [5.74, 6) is -0.551. The van der Waals surface area contributed by atoms with Gasteiger partial charge in [0.05, 0.1) is 5.69 Å². The van der Waals surface area contributed by atoms with Crippen molar-refractivity contribution in [1.29, 1.82) is 0 Å². The SMILES string of the molecule is Cc1ccc2nc(COC(=O)Cn3c(C)csc3=O)cc(=O)n2c1. The van der Waals surface area contributed by atoms with Crippen molar-refractivity contribution < 1.29 is 9.53 Å². The summed E-state index contributed by atoms with van der Waals surface area (Å²) < 4.78 is 7.92. The average molecular weight is 345 g/mol. The van der Waals surface area contributed by atoms with Crippen LogP contribution in [0.4, 0.5) is 0 Å². The summed E-state index contributed by atoms with van der Waals surface area (Å²) in [5.41, 5.74) is 2.27. The Morgan fingerprint density at radius 2 is 2.08 bits per heavy atom. The lowest BCUT2D eigenvalue weighted by Gasteiger charge is -2.07. The van der Waals surface area contributed by atoms with Gasteiger partial charge in [0.2, 0.25) is 0 Å². The molecule has 0 unspecified atom stereocenters. The highest BCUT2D eigenvalue weighted by Crippen LogP contribution is 2.04. The molecule has 0 atom stereocenters. The molecule has 0 saturated heterocycles. The number of aryl methyl sites for hydroxylation is 2. The van der Waals surface area contributed by atoms with Crippen molar-refractivity contribution in [1.82, 2.24) is 14.0 Å². The summed E-state index contributed by atoms with van der Waals surface area (Å²) in [6, 6.07) is 4.92. The number of hydrogen-bond acceptors (Lipinski definition) is 6. The van der Waals surface area contributed by atoms with Gasteiger partial charge in [0.15, 0.2) is 0 Å². The predicted molar refractivity (Wildman–Crippen MR) is 89.3 cm³/mol. The molecule has 24 heavy (non-hydrogen) atoms. The molecule has 0 spiro atoms. The number of carbonyl (C=O) groups excluding carboxylic acids is 1. The van der Waals surface area contributed by atoms with Gasteiger partial charge in [0, 0.05) is 23.3 Å². The lowest BCUT2D eigenvalue weighted by atomic mass is 10.3. The van der Waals surface area contributed by atoms with Crippen LogP contribution in [0, 0.1) is 13.8 Å². The van der Waals surface area contributed by atoms with E-state index in [1.165, 1.54) is 15.0 Å². The first-order valence-electron chi connectivity index (χ1n) is 7.23. The van der Waals surface area contributed by atoms with E-state index in [2.05, 4.69) is 4.98 Å². The second-order valence-electron chi connectivity index (χ2n) is 5.41. The zero-order valence-electron chi connectivity index (χ0n) is 13.2. The van der Waals surface area contributed by atoms with Crippen molar-refractivity contribution >= 4 is 23.0 Å². The van der Waals surface area contributed by atoms with E-state index in [1.54, 1.807) is 24.6 Å². The number of rotatable bonds is 4. The normalized spacial score (nSPS) is 10.9. The minimum atomic E-state index is -0.551. The molecule has 0 aliphatic rings. The molecule has 124 valence electrons. The largest absolute Gasteiger partial charge is 0.458 e. The van der Waals surface area contributed by atoms with Crippen molar-refractivity contribution in [2.24, 2.45) is 0 Å². The number of hydrogen-bond donors (Lipinski definition) is 0. The molecule has 0 N–H and O–H groups in total. The minimum absolute atomic E-state index is 0.115. The smallest absolute Gasteiger partial charge is 0.326 e. The maximum Gasteiger partial charge on any atom is 0.326 e. The van der Waals surface area contributed by atoms with Crippen LogP contribution in [0.3, 0.4) is 0 Å². The maximum atomic E-state index is 12.1. The number of thiazole rings is 1. The van der Waals surface area contributed by atoms with Gasteiger partial charge >= 0.3 is 10.8 Å². The molecule has 8 heteroatoms. The third-order valence-corrected chi connectivity index (χ3v) is 4.39. The first-order chi connectivity index (χ1) is 11.4. The highest BCUT2D eigenvalue weighted by atomic mass is 32.1. The molecule has 0 radical (unpaired) electrons. The van der Waals surface area contributed by atoms with E-state index in [0.717, 1.165) is 16.9 Å². The number of aromatic nitrogens is 3. The van der Waals surface area contributed by atoms with E-state index in [-0.39, 0.29) is 23.6 Å². The molecule has 0 aliphatic heterocycles. The average Bonchev–Trinajstić information content (AvgIpc) is 2.85. The van der Waals surface area contributed by atoms with Crippen molar-refractivity contribution in [2.75, 3.05) is 0 Å². The van der Waals surface area contributed by atoms with Crippen molar-refractivity contribution in [2.45, 2.75) is 27.0 Å². The van der Waals surface area contributed by atoms with E-state index in [4.69, 9.17) is 4.74 Å². The number of carbonyl (C=O) groups is 1. The molecule has 0 bridgehead atoms. The molecule has 0 fully saturated rings. The number of fused-ring (bicyclic) bond motifs is 1. The van der Waals surface area contributed by atoms with Gasteiger partial charge in [-0.3, -0.25) is 23.4 Å².